The normalized spacial score (nSPS) is 20.2. The molecule has 10 heteroatoms. The largest absolute Gasteiger partial charge is 0.384 e. The minimum Gasteiger partial charge on any atom is -0.384 e. The van der Waals surface area contributed by atoms with Crippen molar-refractivity contribution in [3.63, 3.8) is 0 Å². The van der Waals surface area contributed by atoms with Crippen molar-refractivity contribution < 1.29 is 14.7 Å². The van der Waals surface area contributed by atoms with E-state index in [2.05, 4.69) is 20.4 Å². The molecule has 0 aliphatic carbocycles. The molecule has 1 aromatic carbocycles. The Morgan fingerprint density at radius 3 is 2.42 bits per heavy atom. The molecule has 9 nitrogen and oxygen atoms in total. The Balaban J connectivity index is 1.47. The van der Waals surface area contributed by atoms with Gasteiger partial charge in [0.25, 0.3) is 5.91 Å². The summed E-state index contributed by atoms with van der Waals surface area (Å²) in [6, 6.07) is 9.78. The average Bonchev–Trinajstić information content (AvgIpc) is 3.39. The predicted octanol–water partition coefficient (Wildman–Crippen LogP) is 3.22. The summed E-state index contributed by atoms with van der Waals surface area (Å²) in [6.07, 6.45) is 4.74. The van der Waals surface area contributed by atoms with Crippen LogP contribution in [0.4, 0.5) is 0 Å². The van der Waals surface area contributed by atoms with Gasteiger partial charge >= 0.3 is 0 Å². The number of carbonyl (C=O) groups is 2. The van der Waals surface area contributed by atoms with Gasteiger partial charge in [-0.3, -0.25) is 9.59 Å². The summed E-state index contributed by atoms with van der Waals surface area (Å²) in [4.78, 5) is 36.4. The van der Waals surface area contributed by atoms with Gasteiger partial charge in [-0.05, 0) is 42.2 Å². The highest BCUT2D eigenvalue weighted by Crippen LogP contribution is 2.46. The summed E-state index contributed by atoms with van der Waals surface area (Å²) in [7, 11) is 0. The fourth-order valence-corrected chi connectivity index (χ4v) is 4.81. The zero-order chi connectivity index (χ0) is 26.1. The number of halogens is 1. The van der Waals surface area contributed by atoms with Crippen LogP contribution in [0.2, 0.25) is 5.02 Å². The molecule has 0 radical (unpaired) electrons. The first-order chi connectivity index (χ1) is 17.0. The molecule has 2 N–H and O–H groups in total. The summed E-state index contributed by atoms with van der Waals surface area (Å²) in [6.45, 7) is 8.41. The average molecular weight is 511 g/mol. The summed E-state index contributed by atoms with van der Waals surface area (Å²) in [5.41, 5.74) is -0.614. The molecular formula is C26H31ClN6O3. The molecule has 2 aromatic heterocycles. The highest BCUT2D eigenvalue weighted by molar-refractivity contribution is 6.30. The summed E-state index contributed by atoms with van der Waals surface area (Å²) >= 11 is 6.03. The van der Waals surface area contributed by atoms with Gasteiger partial charge in [-0.1, -0.05) is 51.4 Å². The van der Waals surface area contributed by atoms with Gasteiger partial charge in [0.2, 0.25) is 5.91 Å². The van der Waals surface area contributed by atoms with Gasteiger partial charge in [0, 0.05) is 29.7 Å². The lowest BCUT2D eigenvalue weighted by Crippen LogP contribution is -2.60. The van der Waals surface area contributed by atoms with Crippen molar-refractivity contribution in [3.05, 3.63) is 71.4 Å². The molecule has 36 heavy (non-hydrogen) atoms. The van der Waals surface area contributed by atoms with E-state index in [-0.39, 0.29) is 17.7 Å². The SMILES string of the molecule is CC(C)[C@@H](NC(=O)c1ccc(-n2cncn2)nc1)C(=O)N1CC[C@](O)(c2ccc(Cl)cc2)C(C)(C)C1. The molecule has 1 fully saturated rings. The van der Waals surface area contributed by atoms with Gasteiger partial charge < -0.3 is 15.3 Å². The van der Waals surface area contributed by atoms with E-state index in [9.17, 15) is 14.7 Å². The lowest BCUT2D eigenvalue weighted by molar-refractivity contribution is -0.155. The molecular weight excluding hydrogens is 480 g/mol. The maximum atomic E-state index is 13.6. The number of aromatic nitrogens is 4. The van der Waals surface area contributed by atoms with Crippen LogP contribution < -0.4 is 5.32 Å². The first-order valence-electron chi connectivity index (χ1n) is 11.9. The number of carbonyl (C=O) groups excluding carboxylic acids is 2. The third kappa shape index (κ3) is 4.99. The number of nitrogens with zero attached hydrogens (tertiary/aromatic N) is 5. The van der Waals surface area contributed by atoms with E-state index < -0.39 is 17.1 Å². The Bertz CT molecular complexity index is 1210. The number of aliphatic hydroxyl groups is 1. The molecule has 0 spiro atoms. The number of rotatable bonds is 6. The van der Waals surface area contributed by atoms with Crippen LogP contribution in [0.5, 0.6) is 0 Å². The van der Waals surface area contributed by atoms with Gasteiger partial charge in [-0.15, -0.1) is 0 Å². The van der Waals surface area contributed by atoms with Crippen LogP contribution in [0, 0.1) is 11.3 Å². The summed E-state index contributed by atoms with van der Waals surface area (Å²) in [5, 5.41) is 19.1. The van der Waals surface area contributed by atoms with Gasteiger partial charge in [0.1, 0.15) is 18.7 Å². The van der Waals surface area contributed by atoms with E-state index in [1.807, 2.05) is 39.8 Å². The molecule has 2 amide bonds. The van der Waals surface area contributed by atoms with Crippen LogP contribution in [0.25, 0.3) is 5.82 Å². The topological polar surface area (TPSA) is 113 Å². The zero-order valence-electron chi connectivity index (χ0n) is 20.8. The number of amides is 2. The Hall–Kier alpha value is -3.30. The Kier molecular flexibility index (Phi) is 7.15. The van der Waals surface area contributed by atoms with Crippen LogP contribution in [0.1, 0.15) is 50.0 Å². The number of hydrogen-bond acceptors (Lipinski definition) is 6. The smallest absolute Gasteiger partial charge is 0.253 e. The second kappa shape index (κ2) is 9.99. The van der Waals surface area contributed by atoms with E-state index in [0.717, 1.165) is 5.56 Å². The first-order valence-corrected chi connectivity index (χ1v) is 12.3. The second-order valence-electron chi connectivity index (χ2n) is 10.2. The molecule has 1 aliphatic heterocycles. The molecule has 2 atom stereocenters. The number of likely N-dealkylation sites (tertiary alicyclic amines) is 1. The standard InChI is InChI=1S/C26H31ClN6O3/c1-17(2)22(31-23(34)18-5-10-21(29-13-18)33-16-28-15-30-33)24(35)32-12-11-26(36,25(3,4)14-32)19-6-8-20(27)9-7-19/h5-10,13,15-17,22,36H,11-12,14H2,1-4H3,(H,31,34)/t22-,26+/m1/s1. The minimum atomic E-state index is -1.11. The number of nitrogens with one attached hydrogen (secondary N) is 1. The maximum Gasteiger partial charge on any atom is 0.253 e. The van der Waals surface area contributed by atoms with E-state index in [0.29, 0.717) is 35.9 Å². The number of benzene rings is 1. The number of piperidine rings is 1. The molecule has 1 saturated heterocycles. The molecule has 0 unspecified atom stereocenters. The first kappa shape index (κ1) is 25.8. The predicted molar refractivity (Wildman–Crippen MR) is 136 cm³/mol. The van der Waals surface area contributed by atoms with Crippen molar-refractivity contribution in [2.45, 2.75) is 45.8 Å². The third-order valence-electron chi connectivity index (χ3n) is 6.97. The maximum absolute atomic E-state index is 13.6. The Morgan fingerprint density at radius 2 is 1.86 bits per heavy atom. The van der Waals surface area contributed by atoms with E-state index in [1.165, 1.54) is 23.5 Å². The lowest BCUT2D eigenvalue weighted by Gasteiger charge is -2.51. The van der Waals surface area contributed by atoms with Crippen LogP contribution in [-0.4, -0.2) is 60.7 Å². The Labute approximate surface area is 215 Å². The molecule has 0 saturated carbocycles. The van der Waals surface area contributed by atoms with Gasteiger partial charge in [-0.25, -0.2) is 14.6 Å². The fraction of sp³-hybridized carbons (Fsp3) is 0.423. The lowest BCUT2D eigenvalue weighted by atomic mass is 9.66. The molecule has 3 aromatic rings. The van der Waals surface area contributed by atoms with Crippen LogP contribution >= 0.6 is 11.6 Å². The van der Waals surface area contributed by atoms with Gasteiger partial charge in [0.05, 0.1) is 11.2 Å². The quantitative estimate of drug-likeness (QED) is 0.526. The number of pyridine rings is 1. The third-order valence-corrected chi connectivity index (χ3v) is 7.22. The fourth-order valence-electron chi connectivity index (χ4n) is 4.69. The van der Waals surface area contributed by atoms with Gasteiger partial charge in [-0.2, -0.15) is 5.10 Å². The Morgan fingerprint density at radius 1 is 1.14 bits per heavy atom. The van der Waals surface area contributed by atoms with Gasteiger partial charge in [0.15, 0.2) is 5.82 Å². The highest BCUT2D eigenvalue weighted by atomic mass is 35.5. The molecule has 3 heterocycles. The van der Waals surface area contributed by atoms with Crippen LogP contribution in [0.3, 0.4) is 0 Å². The van der Waals surface area contributed by atoms with Crippen LogP contribution in [-0.2, 0) is 10.4 Å². The monoisotopic (exact) mass is 510 g/mol. The minimum absolute atomic E-state index is 0.135. The summed E-state index contributed by atoms with van der Waals surface area (Å²) in [5.74, 6) is -0.154. The highest BCUT2D eigenvalue weighted by Gasteiger charge is 2.50. The van der Waals surface area contributed by atoms with E-state index in [4.69, 9.17) is 11.6 Å². The number of hydrogen-bond donors (Lipinski definition) is 2. The van der Waals surface area contributed by atoms with Crippen molar-refractivity contribution in [2.24, 2.45) is 11.3 Å². The van der Waals surface area contributed by atoms with E-state index >= 15 is 0 Å². The molecule has 190 valence electrons. The molecule has 1 aliphatic rings. The second-order valence-corrected chi connectivity index (χ2v) is 10.6. The molecule has 0 bridgehead atoms. The van der Waals surface area contributed by atoms with Crippen molar-refractivity contribution in [1.82, 2.24) is 30.0 Å². The van der Waals surface area contributed by atoms with Crippen molar-refractivity contribution >= 4 is 23.4 Å². The zero-order valence-corrected chi connectivity index (χ0v) is 21.6. The van der Waals surface area contributed by atoms with Crippen molar-refractivity contribution in [1.29, 1.82) is 0 Å². The van der Waals surface area contributed by atoms with Crippen molar-refractivity contribution in [3.8, 4) is 5.82 Å². The molecule has 4 rings (SSSR count). The van der Waals surface area contributed by atoms with E-state index in [1.54, 1.807) is 29.2 Å². The summed E-state index contributed by atoms with van der Waals surface area (Å²) < 4.78 is 1.49. The van der Waals surface area contributed by atoms with Crippen LogP contribution in [0.15, 0.2) is 55.2 Å². The van der Waals surface area contributed by atoms with Crippen molar-refractivity contribution in [2.75, 3.05) is 13.1 Å².